The van der Waals surface area contributed by atoms with E-state index in [0.29, 0.717) is 30.3 Å². The number of nitrogens with one attached hydrogen (secondary N) is 2. The van der Waals surface area contributed by atoms with Gasteiger partial charge in [-0.05, 0) is 102 Å². The number of amides is 5. The van der Waals surface area contributed by atoms with Gasteiger partial charge in [-0.1, -0.05) is 6.07 Å². The molecule has 0 spiro atoms. The average Bonchev–Trinajstić information content (AvgIpc) is 3.88. The molecule has 0 unspecified atom stereocenters. The largest absolute Gasteiger partial charge is 0.433 e. The number of nitrogens with zero attached hydrogens (tertiary/aromatic N) is 7. The first kappa shape index (κ1) is 40.2. The van der Waals surface area contributed by atoms with Crippen LogP contribution < -0.4 is 20.4 Å². The van der Waals surface area contributed by atoms with E-state index in [1.807, 2.05) is 35.4 Å². The third-order valence-electron chi connectivity index (χ3n) is 12.1. The lowest BCUT2D eigenvalue weighted by Crippen LogP contribution is -2.50. The van der Waals surface area contributed by atoms with E-state index in [0.717, 1.165) is 94.0 Å². The summed E-state index contributed by atoms with van der Waals surface area (Å²) in [6, 6.07) is 12.5. The average molecular weight is 816 g/mol. The number of carbonyl (C=O) groups is 4. The number of aliphatic hydroxyl groups is 1. The number of urea groups is 1. The maximum Gasteiger partial charge on any atom is 0.433 e. The van der Waals surface area contributed by atoms with Gasteiger partial charge in [0.15, 0.2) is 0 Å². The number of fused-ring (bicyclic) bond motifs is 1. The summed E-state index contributed by atoms with van der Waals surface area (Å²) in [5.74, 6) is -0.753. The van der Waals surface area contributed by atoms with Crippen LogP contribution in [0, 0.1) is 5.92 Å². The van der Waals surface area contributed by atoms with Gasteiger partial charge < -0.3 is 29.5 Å². The first-order chi connectivity index (χ1) is 28.1. The van der Waals surface area contributed by atoms with Gasteiger partial charge >= 0.3 is 12.2 Å². The Balaban J connectivity index is 0.834. The summed E-state index contributed by atoms with van der Waals surface area (Å²) in [6.07, 6.45) is 3.53. The normalized spacial score (nSPS) is 20.4. The van der Waals surface area contributed by atoms with Gasteiger partial charge in [-0.2, -0.15) is 13.2 Å². The van der Waals surface area contributed by atoms with E-state index in [2.05, 4.69) is 25.4 Å². The van der Waals surface area contributed by atoms with E-state index in [4.69, 9.17) is 4.98 Å². The highest BCUT2D eigenvalue weighted by atomic mass is 19.4. The second kappa shape index (κ2) is 15.9. The fraction of sp³-hybridized carbons (Fsp3) is 0.476. The van der Waals surface area contributed by atoms with Crippen LogP contribution in [0.15, 0.2) is 60.9 Å². The number of hydrogen-bond donors (Lipinski definition) is 3. The van der Waals surface area contributed by atoms with Crippen LogP contribution >= 0.6 is 0 Å². The van der Waals surface area contributed by atoms with Crippen molar-refractivity contribution >= 4 is 46.5 Å². The lowest BCUT2D eigenvalue weighted by molar-refractivity contribution is -0.141. The highest BCUT2D eigenvalue weighted by Gasteiger charge is 2.37. The molecule has 1 atom stereocenters. The second-order valence-corrected chi connectivity index (χ2v) is 16.5. The molecule has 1 aromatic carbocycles. The van der Waals surface area contributed by atoms with E-state index in [-0.39, 0.29) is 35.8 Å². The summed E-state index contributed by atoms with van der Waals surface area (Å²) >= 11 is 0. The first-order valence-electron chi connectivity index (χ1n) is 20.2. The Morgan fingerprint density at radius 1 is 0.864 bits per heavy atom. The van der Waals surface area contributed by atoms with E-state index in [1.165, 1.54) is 6.07 Å². The Morgan fingerprint density at radius 2 is 1.58 bits per heavy atom. The minimum atomic E-state index is -4.70. The Bertz CT molecular complexity index is 2240. The molecular formula is C42H48F3N9O5. The molecule has 4 fully saturated rings. The van der Waals surface area contributed by atoms with E-state index >= 15 is 0 Å². The summed E-state index contributed by atoms with van der Waals surface area (Å²) in [5.41, 5.74) is 0.848. The summed E-state index contributed by atoms with van der Waals surface area (Å²) in [6.45, 7) is 8.16. The number of rotatable bonds is 8. The van der Waals surface area contributed by atoms with Crippen molar-refractivity contribution in [2.24, 2.45) is 5.92 Å². The van der Waals surface area contributed by atoms with Gasteiger partial charge in [0, 0.05) is 80.4 Å². The Morgan fingerprint density at radius 3 is 2.25 bits per heavy atom. The second-order valence-electron chi connectivity index (χ2n) is 16.5. The van der Waals surface area contributed by atoms with Crippen molar-refractivity contribution in [1.82, 2.24) is 29.5 Å². The van der Waals surface area contributed by atoms with Crippen molar-refractivity contribution in [3.8, 4) is 0 Å². The van der Waals surface area contributed by atoms with Gasteiger partial charge in [0.2, 0.25) is 11.8 Å². The summed E-state index contributed by atoms with van der Waals surface area (Å²) in [4.78, 5) is 67.2. The molecule has 0 aliphatic carbocycles. The fourth-order valence-corrected chi connectivity index (χ4v) is 8.88. The van der Waals surface area contributed by atoms with Crippen molar-refractivity contribution in [3.63, 3.8) is 0 Å². The molecule has 7 heterocycles. The molecule has 14 nitrogen and oxygen atoms in total. The lowest BCUT2D eigenvalue weighted by Gasteiger charge is -2.42. The van der Waals surface area contributed by atoms with Gasteiger partial charge in [0.05, 0.1) is 22.9 Å². The van der Waals surface area contributed by atoms with Gasteiger partial charge in [-0.15, -0.1) is 0 Å². The zero-order chi connectivity index (χ0) is 41.6. The van der Waals surface area contributed by atoms with E-state index in [1.54, 1.807) is 35.4 Å². The standard InChI is InChI=1S/C42H48F3N9O5/c1-41(2,59)31-22-36-47-33(24-53(36)25-34(31)48-38(56)32-4-3-5-35(46-32)42(43,44)45)26-10-16-50(17-11-26)29-13-19-51(20-14-29)39(57)27-12-18-52(23-27)28-6-8-30(9-7-28)54-21-15-37(55)49-40(54)58/h3-9,22,24-27,29,59H,10-21,23H2,1-2H3,(H,48,56)(H,49,55,58)/t27-/m0/s1. The Kier molecular flexibility index (Phi) is 10.8. The van der Waals surface area contributed by atoms with Crippen molar-refractivity contribution in [3.05, 3.63) is 83.6 Å². The van der Waals surface area contributed by atoms with Crippen LogP contribution in [0.5, 0.6) is 0 Å². The fourth-order valence-electron chi connectivity index (χ4n) is 8.88. The molecule has 0 radical (unpaired) electrons. The molecule has 8 rings (SSSR count). The number of benzene rings is 1. The number of piperidine rings is 2. The molecular weight excluding hydrogens is 768 g/mol. The topological polar surface area (TPSA) is 156 Å². The molecule has 312 valence electrons. The summed E-state index contributed by atoms with van der Waals surface area (Å²) in [5, 5.41) is 16.0. The highest BCUT2D eigenvalue weighted by molar-refractivity contribution is 6.05. The van der Waals surface area contributed by atoms with Crippen LogP contribution in [0.1, 0.15) is 85.7 Å². The molecule has 59 heavy (non-hydrogen) atoms. The SMILES string of the molecule is CC(C)(O)c1cc2nc(C3CCN(C4CCN(C(=O)[C@H]5CCN(c6ccc(N7CCC(=O)NC7=O)cc6)C5)CC4)CC3)cn2cc1NC(=O)c1cccc(C(F)(F)F)n1. The van der Waals surface area contributed by atoms with Crippen LogP contribution in [-0.4, -0.2) is 105 Å². The maximum atomic E-state index is 13.6. The maximum absolute atomic E-state index is 13.6. The number of halogens is 3. The number of pyridine rings is 2. The third-order valence-corrected chi connectivity index (χ3v) is 12.1. The van der Waals surface area contributed by atoms with Gasteiger partial charge in [0.1, 0.15) is 17.0 Å². The van der Waals surface area contributed by atoms with Crippen molar-refractivity contribution in [1.29, 1.82) is 0 Å². The summed E-state index contributed by atoms with van der Waals surface area (Å²) < 4.78 is 41.5. The molecule has 4 aliphatic rings. The van der Waals surface area contributed by atoms with Crippen molar-refractivity contribution in [2.75, 3.05) is 60.9 Å². The molecule has 3 aromatic heterocycles. The van der Waals surface area contributed by atoms with Crippen LogP contribution in [0.25, 0.3) is 5.65 Å². The number of carbonyl (C=O) groups excluding carboxylic acids is 4. The highest BCUT2D eigenvalue weighted by Crippen LogP contribution is 2.35. The molecule has 4 saturated heterocycles. The molecule has 0 bridgehead atoms. The monoisotopic (exact) mass is 815 g/mol. The number of imidazole rings is 1. The Hall–Kier alpha value is -5.55. The molecule has 4 aliphatic heterocycles. The smallest absolute Gasteiger partial charge is 0.386 e. The zero-order valence-corrected chi connectivity index (χ0v) is 33.0. The number of alkyl halides is 3. The number of anilines is 3. The van der Waals surface area contributed by atoms with Crippen LogP contribution in [0.4, 0.5) is 35.0 Å². The lowest BCUT2D eigenvalue weighted by atomic mass is 9.91. The molecule has 3 N–H and O–H groups in total. The number of likely N-dealkylation sites (tertiary alicyclic amines) is 2. The van der Waals surface area contributed by atoms with Gasteiger partial charge in [0.25, 0.3) is 5.91 Å². The van der Waals surface area contributed by atoms with Gasteiger partial charge in [-0.25, -0.2) is 14.8 Å². The molecule has 0 saturated carbocycles. The van der Waals surface area contributed by atoms with Crippen molar-refractivity contribution in [2.45, 2.75) is 76.1 Å². The predicted octanol–water partition coefficient (Wildman–Crippen LogP) is 5.37. The number of imide groups is 1. The van der Waals surface area contributed by atoms with E-state index in [9.17, 15) is 37.5 Å². The van der Waals surface area contributed by atoms with E-state index < -0.39 is 35.1 Å². The van der Waals surface area contributed by atoms with Crippen LogP contribution in [-0.2, 0) is 21.4 Å². The van der Waals surface area contributed by atoms with Crippen molar-refractivity contribution < 1.29 is 37.5 Å². The zero-order valence-electron chi connectivity index (χ0n) is 33.0. The minimum Gasteiger partial charge on any atom is -0.386 e. The summed E-state index contributed by atoms with van der Waals surface area (Å²) in [7, 11) is 0. The molecule has 5 amide bonds. The minimum absolute atomic E-state index is 0.0643. The number of aromatic nitrogens is 3. The van der Waals surface area contributed by atoms with Gasteiger partial charge in [-0.3, -0.25) is 24.6 Å². The Labute approximate surface area is 339 Å². The quantitative estimate of drug-likeness (QED) is 0.213. The predicted molar refractivity (Wildman–Crippen MR) is 213 cm³/mol. The number of hydrogen-bond acceptors (Lipinski definition) is 9. The molecule has 4 aromatic rings. The first-order valence-corrected chi connectivity index (χ1v) is 20.2. The third kappa shape index (κ3) is 8.62. The molecule has 17 heteroatoms. The van der Waals surface area contributed by atoms with Crippen LogP contribution in [0.2, 0.25) is 0 Å². The van der Waals surface area contributed by atoms with Crippen LogP contribution in [0.3, 0.4) is 0 Å².